The molecule has 0 radical (unpaired) electrons. The molecule has 0 aromatic rings. The van der Waals surface area contributed by atoms with Gasteiger partial charge in [0.15, 0.2) is 5.79 Å². The zero-order valence-electron chi connectivity index (χ0n) is 12.9. The van der Waals surface area contributed by atoms with E-state index in [1.807, 2.05) is 53.7 Å². The summed E-state index contributed by atoms with van der Waals surface area (Å²) in [6, 6.07) is 0. The maximum atomic E-state index is 11.8. The third-order valence-corrected chi connectivity index (χ3v) is 2.60. The number of ether oxygens (including phenoxy) is 3. The second-order valence-electron chi connectivity index (χ2n) is 6.35. The van der Waals surface area contributed by atoms with E-state index in [2.05, 4.69) is 0 Å². The zero-order chi connectivity index (χ0) is 14.7. The van der Waals surface area contributed by atoms with Crippen molar-refractivity contribution in [3.05, 3.63) is 12.2 Å². The van der Waals surface area contributed by atoms with Gasteiger partial charge in [-0.1, -0.05) is 12.2 Å². The van der Waals surface area contributed by atoms with Crippen molar-refractivity contribution in [3.63, 3.8) is 0 Å². The van der Waals surface area contributed by atoms with Gasteiger partial charge in [-0.25, -0.2) is 0 Å². The van der Waals surface area contributed by atoms with Crippen molar-refractivity contribution in [1.82, 2.24) is 0 Å². The summed E-state index contributed by atoms with van der Waals surface area (Å²) in [5, 5.41) is 0. The molecule has 0 unspecified atom stereocenters. The summed E-state index contributed by atoms with van der Waals surface area (Å²) in [5.41, 5.74) is -0.458. The molecule has 1 fully saturated rings. The smallest absolute Gasteiger partial charge is 0.308 e. The van der Waals surface area contributed by atoms with Crippen LogP contribution in [-0.4, -0.2) is 29.6 Å². The summed E-state index contributed by atoms with van der Waals surface area (Å²) in [6.07, 6.45) is 4.70. The Morgan fingerprint density at radius 3 is 2.53 bits per heavy atom. The normalized spacial score (nSPS) is 27.5. The van der Waals surface area contributed by atoms with Crippen LogP contribution in [0.25, 0.3) is 0 Å². The average Bonchev–Trinajstić information content (AvgIpc) is 2.10. The Morgan fingerprint density at radius 1 is 1.37 bits per heavy atom. The number of hydrogen-bond donors (Lipinski definition) is 0. The Hall–Kier alpha value is -0.870. The quantitative estimate of drug-likeness (QED) is 0.583. The van der Waals surface area contributed by atoms with Crippen molar-refractivity contribution in [3.8, 4) is 0 Å². The van der Waals surface area contributed by atoms with Crippen LogP contribution in [0.1, 0.15) is 54.4 Å². The number of carbonyl (C=O) groups excluding carboxylic acids is 1. The Labute approximate surface area is 116 Å². The van der Waals surface area contributed by atoms with E-state index in [-0.39, 0.29) is 24.6 Å². The number of hydrogen-bond acceptors (Lipinski definition) is 4. The lowest BCUT2D eigenvalue weighted by atomic mass is 10.0. The topological polar surface area (TPSA) is 44.8 Å². The summed E-state index contributed by atoms with van der Waals surface area (Å²) in [7, 11) is 0. The first-order chi connectivity index (χ1) is 8.61. The molecular weight excluding hydrogens is 244 g/mol. The van der Waals surface area contributed by atoms with Gasteiger partial charge < -0.3 is 14.2 Å². The standard InChI is InChI=1S/C15H26O4/c1-7-8-11-9-12(18-15(5,6)17-11)10-13(16)19-14(2,3)4/h7-8,11-12H,9-10H2,1-6H3/t11-,12-/m1/s1. The van der Waals surface area contributed by atoms with E-state index < -0.39 is 11.4 Å². The van der Waals surface area contributed by atoms with E-state index >= 15 is 0 Å². The molecule has 1 rings (SSSR count). The molecule has 0 spiro atoms. The van der Waals surface area contributed by atoms with Crippen LogP contribution in [0.5, 0.6) is 0 Å². The Morgan fingerprint density at radius 2 is 2.00 bits per heavy atom. The molecule has 0 aromatic heterocycles. The van der Waals surface area contributed by atoms with Gasteiger partial charge in [-0.15, -0.1) is 0 Å². The van der Waals surface area contributed by atoms with Crippen molar-refractivity contribution in [2.75, 3.05) is 0 Å². The summed E-state index contributed by atoms with van der Waals surface area (Å²) >= 11 is 0. The summed E-state index contributed by atoms with van der Waals surface area (Å²) < 4.78 is 16.9. The maximum absolute atomic E-state index is 11.8. The van der Waals surface area contributed by atoms with Crippen LogP contribution in [0.15, 0.2) is 12.2 Å². The van der Waals surface area contributed by atoms with Gasteiger partial charge in [-0.2, -0.15) is 0 Å². The minimum Gasteiger partial charge on any atom is -0.460 e. The van der Waals surface area contributed by atoms with Gasteiger partial charge in [0, 0.05) is 6.42 Å². The first-order valence-corrected chi connectivity index (χ1v) is 6.81. The second-order valence-corrected chi connectivity index (χ2v) is 6.35. The third-order valence-electron chi connectivity index (χ3n) is 2.60. The fourth-order valence-corrected chi connectivity index (χ4v) is 2.18. The number of allylic oxidation sites excluding steroid dienone is 1. The number of esters is 1. The van der Waals surface area contributed by atoms with Crippen LogP contribution in [-0.2, 0) is 19.0 Å². The Bertz CT molecular complexity index is 339. The molecule has 0 amide bonds. The average molecular weight is 270 g/mol. The molecule has 0 saturated carbocycles. The van der Waals surface area contributed by atoms with E-state index in [1.165, 1.54) is 0 Å². The third kappa shape index (κ3) is 6.21. The molecule has 0 N–H and O–H groups in total. The highest BCUT2D eigenvalue weighted by molar-refractivity contribution is 5.70. The highest BCUT2D eigenvalue weighted by Crippen LogP contribution is 2.29. The van der Waals surface area contributed by atoms with E-state index in [1.54, 1.807) is 0 Å². The monoisotopic (exact) mass is 270 g/mol. The summed E-state index contributed by atoms with van der Waals surface area (Å²) in [4.78, 5) is 11.8. The molecule has 1 saturated heterocycles. The SMILES string of the molecule is CC=C[C@@H]1C[C@H](CC(=O)OC(C)(C)C)OC(C)(C)O1. The molecule has 1 aliphatic heterocycles. The predicted molar refractivity (Wildman–Crippen MR) is 73.7 cm³/mol. The lowest BCUT2D eigenvalue weighted by Gasteiger charge is -2.39. The molecule has 1 aliphatic rings. The molecular formula is C15H26O4. The van der Waals surface area contributed by atoms with E-state index in [9.17, 15) is 4.79 Å². The molecule has 4 heteroatoms. The Kier molecular flexibility index (Phi) is 5.16. The van der Waals surface area contributed by atoms with E-state index in [0.717, 1.165) is 0 Å². The molecule has 110 valence electrons. The van der Waals surface area contributed by atoms with Gasteiger partial charge in [0.25, 0.3) is 0 Å². The van der Waals surface area contributed by atoms with Gasteiger partial charge in [0.05, 0.1) is 18.6 Å². The lowest BCUT2D eigenvalue weighted by molar-refractivity contribution is -0.290. The van der Waals surface area contributed by atoms with E-state index in [0.29, 0.717) is 6.42 Å². The van der Waals surface area contributed by atoms with Crippen LogP contribution < -0.4 is 0 Å². The lowest BCUT2D eigenvalue weighted by Crippen LogP contribution is -2.45. The predicted octanol–water partition coefficient (Wildman–Crippen LogP) is 3.20. The Balaban J connectivity index is 2.59. The summed E-state index contributed by atoms with van der Waals surface area (Å²) in [5.74, 6) is -0.899. The van der Waals surface area contributed by atoms with Crippen molar-refractivity contribution >= 4 is 5.97 Å². The van der Waals surface area contributed by atoms with Crippen molar-refractivity contribution in [2.45, 2.75) is 78.0 Å². The van der Waals surface area contributed by atoms with Crippen LogP contribution in [0.3, 0.4) is 0 Å². The van der Waals surface area contributed by atoms with Crippen molar-refractivity contribution in [2.24, 2.45) is 0 Å². The van der Waals surface area contributed by atoms with Crippen molar-refractivity contribution < 1.29 is 19.0 Å². The minimum atomic E-state index is -0.672. The second kappa shape index (κ2) is 6.06. The molecule has 1 heterocycles. The maximum Gasteiger partial charge on any atom is 0.308 e. The van der Waals surface area contributed by atoms with Gasteiger partial charge in [-0.3, -0.25) is 4.79 Å². The fourth-order valence-electron chi connectivity index (χ4n) is 2.18. The molecule has 0 aromatic carbocycles. The van der Waals surface area contributed by atoms with Crippen LogP contribution in [0, 0.1) is 0 Å². The number of carbonyl (C=O) groups is 1. The zero-order valence-corrected chi connectivity index (χ0v) is 12.9. The molecule has 19 heavy (non-hydrogen) atoms. The van der Waals surface area contributed by atoms with Crippen LogP contribution in [0.4, 0.5) is 0 Å². The van der Waals surface area contributed by atoms with Gasteiger partial charge >= 0.3 is 5.97 Å². The summed E-state index contributed by atoms with van der Waals surface area (Å²) in [6.45, 7) is 11.3. The first-order valence-electron chi connectivity index (χ1n) is 6.81. The number of rotatable bonds is 3. The minimum absolute atomic E-state index is 0.0128. The molecule has 0 bridgehead atoms. The van der Waals surface area contributed by atoms with Crippen LogP contribution in [0.2, 0.25) is 0 Å². The highest BCUT2D eigenvalue weighted by Gasteiger charge is 2.36. The van der Waals surface area contributed by atoms with Gasteiger partial charge in [-0.05, 0) is 41.5 Å². The fraction of sp³-hybridized carbons (Fsp3) is 0.800. The largest absolute Gasteiger partial charge is 0.460 e. The molecule has 0 aliphatic carbocycles. The van der Waals surface area contributed by atoms with Gasteiger partial charge in [0.2, 0.25) is 0 Å². The first kappa shape index (κ1) is 16.2. The van der Waals surface area contributed by atoms with Crippen molar-refractivity contribution in [1.29, 1.82) is 0 Å². The van der Waals surface area contributed by atoms with Gasteiger partial charge in [0.1, 0.15) is 5.60 Å². The highest BCUT2D eigenvalue weighted by atomic mass is 16.7. The van der Waals surface area contributed by atoms with Crippen LogP contribution >= 0.6 is 0 Å². The van der Waals surface area contributed by atoms with E-state index in [4.69, 9.17) is 14.2 Å². The molecule has 4 nitrogen and oxygen atoms in total. The molecule has 2 atom stereocenters.